The molecule has 0 aromatic carbocycles. The van der Waals surface area contributed by atoms with Crippen LogP contribution in [0.5, 0.6) is 0 Å². The molecule has 0 bridgehead atoms. The normalized spacial score (nSPS) is 27.7. The third-order valence-corrected chi connectivity index (χ3v) is 5.09. The van der Waals surface area contributed by atoms with Crippen molar-refractivity contribution in [2.45, 2.75) is 45.2 Å². The van der Waals surface area contributed by atoms with Crippen molar-refractivity contribution in [3.8, 4) is 0 Å². The maximum absolute atomic E-state index is 12.2. The SMILES string of the molecule is CCc1cc(C(=O)NC2CN(C3CC3)CC2C)ns1. The first-order valence-corrected chi connectivity index (χ1v) is 7.95. The predicted molar refractivity (Wildman–Crippen MR) is 76.5 cm³/mol. The Balaban J connectivity index is 1.59. The van der Waals surface area contributed by atoms with Gasteiger partial charge in [-0.25, -0.2) is 0 Å². The summed E-state index contributed by atoms with van der Waals surface area (Å²) < 4.78 is 4.24. The Labute approximate surface area is 118 Å². The van der Waals surface area contributed by atoms with Crippen molar-refractivity contribution in [1.82, 2.24) is 14.6 Å². The third-order valence-electron chi connectivity index (χ3n) is 4.16. The number of amides is 1. The van der Waals surface area contributed by atoms with Crippen LogP contribution in [0.25, 0.3) is 0 Å². The van der Waals surface area contributed by atoms with Gasteiger partial charge in [-0.05, 0) is 42.8 Å². The molecular formula is C14H21N3OS. The second-order valence-electron chi connectivity index (χ2n) is 5.77. The minimum atomic E-state index is -0.00885. The highest BCUT2D eigenvalue weighted by Gasteiger charge is 2.38. The Morgan fingerprint density at radius 3 is 2.95 bits per heavy atom. The molecule has 2 fully saturated rings. The van der Waals surface area contributed by atoms with Gasteiger partial charge in [0.2, 0.25) is 0 Å². The van der Waals surface area contributed by atoms with Crippen LogP contribution in [0.2, 0.25) is 0 Å². The summed E-state index contributed by atoms with van der Waals surface area (Å²) in [5, 5.41) is 3.16. The highest BCUT2D eigenvalue weighted by Crippen LogP contribution is 2.31. The van der Waals surface area contributed by atoms with Crippen LogP contribution in [0.4, 0.5) is 0 Å². The van der Waals surface area contributed by atoms with Gasteiger partial charge in [0.15, 0.2) is 0 Å². The van der Waals surface area contributed by atoms with E-state index in [1.165, 1.54) is 29.3 Å². The molecule has 1 aliphatic heterocycles. The molecule has 5 heteroatoms. The summed E-state index contributed by atoms with van der Waals surface area (Å²) in [6.07, 6.45) is 3.61. The van der Waals surface area contributed by atoms with E-state index in [2.05, 4.69) is 28.4 Å². The Hall–Kier alpha value is -0.940. The van der Waals surface area contributed by atoms with Crippen LogP contribution in [-0.4, -0.2) is 40.4 Å². The Bertz CT molecular complexity index is 469. The predicted octanol–water partition coefficient (Wildman–Crippen LogP) is 1.92. The first kappa shape index (κ1) is 13.1. The molecule has 2 aliphatic rings. The number of likely N-dealkylation sites (tertiary alicyclic amines) is 1. The highest BCUT2D eigenvalue weighted by atomic mass is 32.1. The van der Waals surface area contributed by atoms with Gasteiger partial charge in [-0.15, -0.1) is 0 Å². The van der Waals surface area contributed by atoms with Crippen LogP contribution in [-0.2, 0) is 6.42 Å². The fourth-order valence-electron chi connectivity index (χ4n) is 2.76. The number of carbonyl (C=O) groups excluding carboxylic acids is 1. The highest BCUT2D eigenvalue weighted by molar-refractivity contribution is 7.05. The van der Waals surface area contributed by atoms with Gasteiger partial charge in [0.25, 0.3) is 5.91 Å². The van der Waals surface area contributed by atoms with Gasteiger partial charge >= 0.3 is 0 Å². The van der Waals surface area contributed by atoms with Gasteiger partial charge in [0, 0.05) is 30.1 Å². The molecule has 1 aliphatic carbocycles. The average Bonchev–Trinajstić information content (AvgIpc) is 3.02. The summed E-state index contributed by atoms with van der Waals surface area (Å²) >= 11 is 1.43. The van der Waals surface area contributed by atoms with Crippen molar-refractivity contribution in [1.29, 1.82) is 0 Å². The van der Waals surface area contributed by atoms with Crippen molar-refractivity contribution < 1.29 is 4.79 Å². The van der Waals surface area contributed by atoms with Crippen molar-refractivity contribution in [3.63, 3.8) is 0 Å². The number of carbonyl (C=O) groups is 1. The van der Waals surface area contributed by atoms with Crippen LogP contribution < -0.4 is 5.32 Å². The van der Waals surface area contributed by atoms with Crippen molar-refractivity contribution >= 4 is 17.4 Å². The first-order chi connectivity index (χ1) is 9.17. The molecule has 1 saturated carbocycles. The molecule has 3 rings (SSSR count). The van der Waals surface area contributed by atoms with E-state index in [4.69, 9.17) is 0 Å². The number of nitrogens with one attached hydrogen (secondary N) is 1. The van der Waals surface area contributed by atoms with Gasteiger partial charge in [0.05, 0.1) is 0 Å². The lowest BCUT2D eigenvalue weighted by Crippen LogP contribution is -2.40. The van der Waals surface area contributed by atoms with E-state index in [1.54, 1.807) is 0 Å². The topological polar surface area (TPSA) is 45.2 Å². The number of nitrogens with zero attached hydrogens (tertiary/aromatic N) is 2. The van der Waals surface area contributed by atoms with E-state index < -0.39 is 0 Å². The minimum absolute atomic E-state index is 0.00885. The van der Waals surface area contributed by atoms with Gasteiger partial charge in [-0.1, -0.05) is 13.8 Å². The number of hydrogen-bond acceptors (Lipinski definition) is 4. The summed E-state index contributed by atoms with van der Waals surface area (Å²) in [5.74, 6) is 0.527. The van der Waals surface area contributed by atoms with Crippen LogP contribution in [0.1, 0.15) is 42.1 Å². The molecule has 1 N–H and O–H groups in total. The van der Waals surface area contributed by atoms with Crippen LogP contribution >= 0.6 is 11.5 Å². The molecule has 1 aromatic rings. The monoisotopic (exact) mass is 279 g/mol. The quantitative estimate of drug-likeness (QED) is 0.916. The van der Waals surface area contributed by atoms with Gasteiger partial charge in [-0.3, -0.25) is 9.69 Å². The van der Waals surface area contributed by atoms with Gasteiger partial charge in [-0.2, -0.15) is 4.37 Å². The van der Waals surface area contributed by atoms with Gasteiger partial charge < -0.3 is 5.32 Å². The average molecular weight is 279 g/mol. The van der Waals surface area contributed by atoms with Crippen molar-refractivity contribution in [3.05, 3.63) is 16.6 Å². The van der Waals surface area contributed by atoms with E-state index in [9.17, 15) is 4.79 Å². The summed E-state index contributed by atoms with van der Waals surface area (Å²) in [6.45, 7) is 6.43. The maximum Gasteiger partial charge on any atom is 0.271 e. The minimum Gasteiger partial charge on any atom is -0.346 e. The fraction of sp³-hybridized carbons (Fsp3) is 0.714. The fourth-order valence-corrected chi connectivity index (χ4v) is 3.40. The summed E-state index contributed by atoms with van der Waals surface area (Å²) in [7, 11) is 0. The third kappa shape index (κ3) is 2.82. The van der Waals surface area contributed by atoms with E-state index in [0.29, 0.717) is 11.6 Å². The van der Waals surface area contributed by atoms with Gasteiger partial charge in [0.1, 0.15) is 5.69 Å². The van der Waals surface area contributed by atoms with Crippen LogP contribution in [0.15, 0.2) is 6.07 Å². The molecule has 2 atom stereocenters. The zero-order valence-corrected chi connectivity index (χ0v) is 12.4. The molecule has 2 unspecified atom stereocenters. The van der Waals surface area contributed by atoms with Crippen LogP contribution in [0.3, 0.4) is 0 Å². The second kappa shape index (κ2) is 5.21. The largest absolute Gasteiger partial charge is 0.346 e. The molecule has 1 aromatic heterocycles. The molecule has 0 spiro atoms. The van der Waals surface area contributed by atoms with E-state index in [1.807, 2.05) is 6.07 Å². The number of hydrogen-bond donors (Lipinski definition) is 1. The Morgan fingerprint density at radius 1 is 1.53 bits per heavy atom. The Kier molecular flexibility index (Phi) is 3.58. The lowest BCUT2D eigenvalue weighted by atomic mass is 10.1. The van der Waals surface area contributed by atoms with E-state index in [0.717, 1.165) is 25.6 Å². The lowest BCUT2D eigenvalue weighted by Gasteiger charge is -2.16. The Morgan fingerprint density at radius 2 is 2.32 bits per heavy atom. The summed E-state index contributed by atoms with van der Waals surface area (Å²) in [4.78, 5) is 15.9. The molecule has 19 heavy (non-hydrogen) atoms. The standard InChI is InChI=1S/C14H21N3OS/c1-3-11-6-12(16-19-11)14(18)15-13-8-17(7-9(13)2)10-4-5-10/h6,9-10,13H,3-5,7-8H2,1-2H3,(H,15,18). The summed E-state index contributed by atoms with van der Waals surface area (Å²) in [6, 6.07) is 2.98. The number of aromatic nitrogens is 1. The zero-order valence-electron chi connectivity index (χ0n) is 11.6. The number of rotatable bonds is 4. The first-order valence-electron chi connectivity index (χ1n) is 7.18. The molecular weight excluding hydrogens is 258 g/mol. The summed E-state index contributed by atoms with van der Waals surface area (Å²) in [5.41, 5.74) is 0.582. The lowest BCUT2D eigenvalue weighted by molar-refractivity contribution is 0.0927. The molecule has 2 heterocycles. The zero-order chi connectivity index (χ0) is 13.4. The second-order valence-corrected chi connectivity index (χ2v) is 6.66. The molecule has 104 valence electrons. The number of aryl methyl sites for hydroxylation is 1. The maximum atomic E-state index is 12.2. The molecule has 1 amide bonds. The van der Waals surface area contributed by atoms with E-state index in [-0.39, 0.29) is 11.9 Å². The van der Waals surface area contributed by atoms with Crippen molar-refractivity contribution in [2.75, 3.05) is 13.1 Å². The van der Waals surface area contributed by atoms with Crippen molar-refractivity contribution in [2.24, 2.45) is 5.92 Å². The molecule has 4 nitrogen and oxygen atoms in total. The molecule has 1 saturated heterocycles. The van der Waals surface area contributed by atoms with E-state index >= 15 is 0 Å². The van der Waals surface area contributed by atoms with Crippen LogP contribution in [0, 0.1) is 5.92 Å². The smallest absolute Gasteiger partial charge is 0.271 e. The molecule has 0 radical (unpaired) electrons.